The number of unbranched alkanes of at least 4 members (excludes halogenated alkanes) is 8. The minimum Gasteiger partial charge on any atom is -0.446 e. The number of carbonyl (C=O) groups excluding carboxylic acids is 4. The van der Waals surface area contributed by atoms with Gasteiger partial charge in [-0.25, -0.2) is 9.59 Å². The van der Waals surface area contributed by atoms with Crippen LogP contribution in [-0.2, 0) is 27.9 Å². The minimum atomic E-state index is -0.718. The summed E-state index contributed by atoms with van der Waals surface area (Å²) in [5.41, 5.74) is 3.14. The van der Waals surface area contributed by atoms with Crippen molar-refractivity contribution in [2.75, 3.05) is 5.32 Å². The van der Waals surface area contributed by atoms with E-state index in [9.17, 15) is 24.0 Å². The summed E-state index contributed by atoms with van der Waals surface area (Å²) in [4.78, 5) is 62.3. The lowest BCUT2D eigenvalue weighted by molar-refractivity contribution is -0.135. The number of nitrogens with zero attached hydrogens (tertiary/aromatic N) is 5. The molecule has 1 aromatic carbocycles. The maximum atomic E-state index is 13.1. The van der Waals surface area contributed by atoms with E-state index in [1.54, 1.807) is 24.0 Å². The molecule has 298 valence electrons. The minimum absolute atomic E-state index is 0.0231. The van der Waals surface area contributed by atoms with Gasteiger partial charge < -0.3 is 15.4 Å². The van der Waals surface area contributed by atoms with Crippen molar-refractivity contribution >= 4 is 40.7 Å². The highest BCUT2D eigenvalue weighted by Crippen LogP contribution is 2.36. The van der Waals surface area contributed by atoms with Crippen molar-refractivity contribution in [1.29, 1.82) is 0 Å². The summed E-state index contributed by atoms with van der Waals surface area (Å²) >= 11 is 0. The molecule has 1 saturated carbocycles. The average Bonchev–Trinajstić information content (AvgIpc) is 3.97. The highest BCUT2D eigenvalue weighted by Gasteiger charge is 2.32. The predicted molar refractivity (Wildman–Crippen MR) is 211 cm³/mol. The van der Waals surface area contributed by atoms with Gasteiger partial charge in [-0.15, -0.1) is 0 Å². The molecule has 15 heteroatoms. The molecule has 3 atom stereocenters. The Kier molecular flexibility index (Phi) is 13.4. The lowest BCUT2D eigenvalue weighted by atomic mass is 10.0. The van der Waals surface area contributed by atoms with Gasteiger partial charge in [0.05, 0.1) is 22.3 Å². The number of imide groups is 1. The maximum absolute atomic E-state index is 13.1. The second-order valence-corrected chi connectivity index (χ2v) is 15.2. The van der Waals surface area contributed by atoms with E-state index in [2.05, 4.69) is 43.1 Å². The lowest BCUT2D eigenvalue weighted by Gasteiger charge is -2.21. The molecule has 4 N–H and O–H groups in total. The van der Waals surface area contributed by atoms with Gasteiger partial charge in [0.2, 0.25) is 11.8 Å². The molecule has 2 aliphatic rings. The van der Waals surface area contributed by atoms with Gasteiger partial charge in [0.25, 0.3) is 5.91 Å². The number of anilines is 1. The van der Waals surface area contributed by atoms with Gasteiger partial charge in [-0.2, -0.15) is 10.2 Å². The molecule has 3 aromatic heterocycles. The Balaban J connectivity index is 0.856. The molecule has 0 bridgehead atoms. The van der Waals surface area contributed by atoms with Crippen LogP contribution in [0.4, 0.5) is 10.6 Å². The third kappa shape index (κ3) is 9.96. The SMILES string of the molecule is CC(C)NC(=O)O[C@@H]1CC[C@H](c2cc(NC(=O)c3ccnn3CCCCCCCCCCC#Cc3cccc4c3n(C)c(=O)n4C3CCC(=O)NC3=O)[nH]n2)C1. The summed E-state index contributed by atoms with van der Waals surface area (Å²) in [5, 5.41) is 19.7. The summed E-state index contributed by atoms with van der Waals surface area (Å²) in [6.07, 6.45) is 13.4. The first kappa shape index (κ1) is 40.0. The van der Waals surface area contributed by atoms with Gasteiger partial charge in [0, 0.05) is 50.7 Å². The van der Waals surface area contributed by atoms with Crippen LogP contribution in [0.15, 0.2) is 41.3 Å². The smallest absolute Gasteiger partial charge is 0.407 e. The van der Waals surface area contributed by atoms with Gasteiger partial charge in [0.15, 0.2) is 0 Å². The number of fused-ring (bicyclic) bond motifs is 1. The molecule has 1 saturated heterocycles. The van der Waals surface area contributed by atoms with E-state index >= 15 is 0 Å². The summed E-state index contributed by atoms with van der Waals surface area (Å²) in [7, 11) is 1.69. The number of imidazole rings is 1. The molecule has 1 aliphatic carbocycles. The van der Waals surface area contributed by atoms with Crippen molar-refractivity contribution in [1.82, 2.24) is 39.7 Å². The molecule has 6 rings (SSSR count). The quantitative estimate of drug-likeness (QED) is 0.0624. The molecular formula is C41H53N9O6. The van der Waals surface area contributed by atoms with E-state index < -0.39 is 18.0 Å². The van der Waals surface area contributed by atoms with Crippen LogP contribution in [0.25, 0.3) is 11.0 Å². The molecule has 1 unspecified atom stereocenters. The highest BCUT2D eigenvalue weighted by atomic mass is 16.6. The number of rotatable bonds is 16. The van der Waals surface area contributed by atoms with E-state index in [1.807, 2.05) is 38.1 Å². The zero-order valence-corrected chi connectivity index (χ0v) is 32.6. The third-order valence-corrected chi connectivity index (χ3v) is 10.5. The number of hydrogen-bond acceptors (Lipinski definition) is 8. The van der Waals surface area contributed by atoms with Crippen molar-refractivity contribution < 1.29 is 23.9 Å². The van der Waals surface area contributed by atoms with Crippen molar-refractivity contribution in [3.63, 3.8) is 0 Å². The Labute approximate surface area is 326 Å². The van der Waals surface area contributed by atoms with Crippen LogP contribution in [0.1, 0.15) is 137 Å². The second kappa shape index (κ2) is 18.8. The predicted octanol–water partition coefficient (Wildman–Crippen LogP) is 5.82. The van der Waals surface area contributed by atoms with E-state index in [0.717, 1.165) is 81.9 Å². The molecule has 4 aromatic rings. The molecule has 0 spiro atoms. The van der Waals surface area contributed by atoms with Crippen molar-refractivity contribution in [3.05, 3.63) is 64.0 Å². The first-order chi connectivity index (χ1) is 27.1. The number of benzene rings is 1. The van der Waals surface area contributed by atoms with Crippen LogP contribution < -0.4 is 21.6 Å². The zero-order valence-electron chi connectivity index (χ0n) is 32.6. The van der Waals surface area contributed by atoms with Crippen molar-refractivity contribution in [2.45, 2.75) is 134 Å². The van der Waals surface area contributed by atoms with Crippen LogP contribution in [0, 0.1) is 11.8 Å². The van der Waals surface area contributed by atoms with E-state index in [1.165, 1.54) is 9.13 Å². The van der Waals surface area contributed by atoms with Gasteiger partial charge >= 0.3 is 11.8 Å². The number of aryl methyl sites for hydroxylation is 2. The van der Waals surface area contributed by atoms with Crippen molar-refractivity contribution in [2.24, 2.45) is 7.05 Å². The number of carbonyl (C=O) groups is 4. The lowest BCUT2D eigenvalue weighted by Crippen LogP contribution is -2.44. The van der Waals surface area contributed by atoms with Crippen LogP contribution in [0.3, 0.4) is 0 Å². The Hall–Kier alpha value is -5.65. The maximum Gasteiger partial charge on any atom is 0.407 e. The zero-order chi connectivity index (χ0) is 39.6. The van der Waals surface area contributed by atoms with Crippen LogP contribution >= 0.6 is 0 Å². The van der Waals surface area contributed by atoms with Crippen molar-refractivity contribution in [3.8, 4) is 11.8 Å². The number of alkyl carbamates (subject to hydrolysis) is 1. The number of aromatic nitrogens is 6. The summed E-state index contributed by atoms with van der Waals surface area (Å²) in [6.45, 7) is 4.45. The molecular weight excluding hydrogens is 715 g/mol. The molecule has 4 heterocycles. The first-order valence-electron chi connectivity index (χ1n) is 20.0. The topological polar surface area (TPSA) is 187 Å². The Bertz CT molecular complexity index is 2150. The molecule has 56 heavy (non-hydrogen) atoms. The number of ether oxygens (including phenoxy) is 1. The van der Waals surface area contributed by atoms with Gasteiger partial charge in [0.1, 0.15) is 23.7 Å². The molecule has 1 aliphatic heterocycles. The Morgan fingerprint density at radius 3 is 2.54 bits per heavy atom. The summed E-state index contributed by atoms with van der Waals surface area (Å²) < 4.78 is 10.3. The fourth-order valence-corrected chi connectivity index (χ4v) is 7.70. The number of aromatic amines is 1. The first-order valence-corrected chi connectivity index (χ1v) is 20.0. The monoisotopic (exact) mass is 767 g/mol. The number of nitrogens with one attached hydrogen (secondary N) is 4. The van der Waals surface area contributed by atoms with E-state index in [-0.39, 0.29) is 42.0 Å². The largest absolute Gasteiger partial charge is 0.446 e. The third-order valence-electron chi connectivity index (χ3n) is 10.5. The van der Waals surface area contributed by atoms with E-state index in [0.29, 0.717) is 41.9 Å². The number of amides is 4. The fraction of sp³-hybridized carbons (Fsp3) is 0.537. The van der Waals surface area contributed by atoms with Gasteiger partial charge in [-0.1, -0.05) is 56.4 Å². The van der Waals surface area contributed by atoms with Crippen LogP contribution in [0.2, 0.25) is 0 Å². The van der Waals surface area contributed by atoms with Gasteiger partial charge in [-0.3, -0.25) is 38.6 Å². The second-order valence-electron chi connectivity index (χ2n) is 15.2. The highest BCUT2D eigenvalue weighted by molar-refractivity contribution is 6.02. The molecule has 0 radical (unpaired) electrons. The Morgan fingerprint density at radius 2 is 1.77 bits per heavy atom. The fourth-order valence-electron chi connectivity index (χ4n) is 7.70. The number of para-hydroxylation sites is 1. The summed E-state index contributed by atoms with van der Waals surface area (Å²) in [5.74, 6) is 6.19. The Morgan fingerprint density at radius 1 is 1.00 bits per heavy atom. The summed E-state index contributed by atoms with van der Waals surface area (Å²) in [6, 6.07) is 8.44. The molecule has 2 fully saturated rings. The average molecular weight is 768 g/mol. The van der Waals surface area contributed by atoms with Crippen LogP contribution in [-0.4, -0.2) is 65.1 Å². The normalized spacial score (nSPS) is 18.2. The number of piperidine rings is 1. The standard InChI is InChI=1S/C41H53N9O6/c1-27(2)43-40(54)56-30-19-18-29(25-30)31-26-35(47-46-31)44-38(52)33-22-23-42-49(33)24-13-11-9-7-5-4-6-8-10-12-15-28-16-14-17-32-37(28)48(3)41(55)50(32)34-20-21-36(51)45-39(34)53/h14,16-17,22-23,26-27,29-30,34H,4-11,13,18-21,24-25H2,1-3H3,(H,43,54)(H,45,51,53)(H2,44,46,47,52)/t29-,30+,34?/m0/s1. The van der Waals surface area contributed by atoms with Crippen LogP contribution in [0.5, 0.6) is 0 Å². The van der Waals surface area contributed by atoms with Gasteiger partial charge in [-0.05, 0) is 70.6 Å². The number of hydrogen-bond donors (Lipinski definition) is 4. The number of H-pyrrole nitrogens is 1. The van der Waals surface area contributed by atoms with E-state index in [4.69, 9.17) is 4.74 Å². The molecule has 4 amide bonds. The molecule has 15 nitrogen and oxygen atoms in total.